The maximum absolute atomic E-state index is 3.49. The Hall–Kier alpha value is -0.340. The van der Waals surface area contributed by atoms with Crippen LogP contribution in [-0.2, 0) is 6.54 Å². The van der Waals surface area contributed by atoms with Crippen molar-refractivity contribution < 1.29 is 0 Å². The summed E-state index contributed by atoms with van der Waals surface area (Å²) < 4.78 is 1.18. The Labute approximate surface area is 87.9 Å². The van der Waals surface area contributed by atoms with Crippen molar-refractivity contribution in [2.75, 3.05) is 7.05 Å². The predicted octanol–water partition coefficient (Wildman–Crippen LogP) is 3.04. The van der Waals surface area contributed by atoms with E-state index in [1.165, 1.54) is 22.9 Å². The van der Waals surface area contributed by atoms with Crippen LogP contribution in [0, 0.1) is 0 Å². The first-order valence-electron chi connectivity index (χ1n) is 4.70. The number of hydrogen-bond donors (Lipinski definition) is 0. The molecule has 13 heavy (non-hydrogen) atoms. The minimum Gasteiger partial charge on any atom is -0.299 e. The molecule has 2 rings (SSSR count). The van der Waals surface area contributed by atoms with E-state index in [-0.39, 0.29) is 0 Å². The van der Waals surface area contributed by atoms with Crippen LogP contribution in [0.2, 0.25) is 0 Å². The maximum atomic E-state index is 3.49. The fraction of sp³-hybridized carbons (Fsp3) is 0.455. The second-order valence-corrected chi connectivity index (χ2v) is 4.69. The van der Waals surface area contributed by atoms with Gasteiger partial charge in [0, 0.05) is 17.1 Å². The number of nitrogens with zero attached hydrogens (tertiary/aromatic N) is 1. The van der Waals surface area contributed by atoms with Gasteiger partial charge in [0.1, 0.15) is 0 Å². The summed E-state index contributed by atoms with van der Waals surface area (Å²) in [6.07, 6.45) is 2.76. The highest BCUT2D eigenvalue weighted by molar-refractivity contribution is 9.10. The minimum atomic E-state index is 0.846. The summed E-state index contributed by atoms with van der Waals surface area (Å²) in [5, 5.41) is 0. The highest BCUT2D eigenvalue weighted by Gasteiger charge is 2.25. The number of halogens is 1. The maximum Gasteiger partial charge on any atom is 0.0234 e. The Morgan fingerprint density at radius 1 is 1.46 bits per heavy atom. The van der Waals surface area contributed by atoms with Crippen molar-refractivity contribution in [1.82, 2.24) is 4.90 Å². The average molecular weight is 240 g/mol. The largest absolute Gasteiger partial charge is 0.299 e. The number of hydrogen-bond acceptors (Lipinski definition) is 1. The molecule has 1 aromatic carbocycles. The molecule has 1 fully saturated rings. The first kappa shape index (κ1) is 9.22. The Balaban J connectivity index is 2.00. The van der Waals surface area contributed by atoms with E-state index in [1.54, 1.807) is 0 Å². The Morgan fingerprint density at radius 2 is 2.23 bits per heavy atom. The van der Waals surface area contributed by atoms with Crippen molar-refractivity contribution in [3.8, 4) is 0 Å². The molecule has 0 spiro atoms. The number of rotatable bonds is 3. The third-order valence-corrected chi connectivity index (χ3v) is 2.98. The topological polar surface area (TPSA) is 3.24 Å². The van der Waals surface area contributed by atoms with Crippen molar-refractivity contribution in [2.24, 2.45) is 0 Å². The van der Waals surface area contributed by atoms with E-state index in [0.29, 0.717) is 0 Å². The molecule has 0 amide bonds. The van der Waals surface area contributed by atoms with Gasteiger partial charge in [0.05, 0.1) is 0 Å². The van der Waals surface area contributed by atoms with Crippen LogP contribution in [0.25, 0.3) is 0 Å². The highest BCUT2D eigenvalue weighted by atomic mass is 79.9. The zero-order valence-corrected chi connectivity index (χ0v) is 9.42. The molecule has 0 saturated heterocycles. The molecule has 1 aliphatic carbocycles. The normalized spacial score (nSPS) is 16.5. The summed E-state index contributed by atoms with van der Waals surface area (Å²) in [4.78, 5) is 2.43. The molecule has 1 nitrogen and oxygen atoms in total. The molecule has 1 saturated carbocycles. The lowest BCUT2D eigenvalue weighted by Gasteiger charge is -2.15. The van der Waals surface area contributed by atoms with Crippen molar-refractivity contribution in [3.05, 3.63) is 34.3 Å². The SMILES string of the molecule is CN(Cc1cccc(Br)c1)C1CC1. The van der Waals surface area contributed by atoms with Gasteiger partial charge in [-0.3, -0.25) is 4.90 Å². The van der Waals surface area contributed by atoms with E-state index in [2.05, 4.69) is 52.1 Å². The van der Waals surface area contributed by atoms with E-state index < -0.39 is 0 Å². The molecule has 0 aliphatic heterocycles. The van der Waals surface area contributed by atoms with Crippen molar-refractivity contribution in [2.45, 2.75) is 25.4 Å². The average Bonchev–Trinajstić information content (AvgIpc) is 2.85. The zero-order chi connectivity index (χ0) is 9.26. The molecule has 0 unspecified atom stereocenters. The minimum absolute atomic E-state index is 0.846. The van der Waals surface area contributed by atoms with Crippen LogP contribution in [0.1, 0.15) is 18.4 Å². The first-order valence-corrected chi connectivity index (χ1v) is 5.50. The zero-order valence-electron chi connectivity index (χ0n) is 7.83. The summed E-state index contributed by atoms with van der Waals surface area (Å²) >= 11 is 3.49. The Bertz CT molecular complexity index is 294. The van der Waals surface area contributed by atoms with Crippen molar-refractivity contribution in [1.29, 1.82) is 0 Å². The number of benzene rings is 1. The molecule has 2 heteroatoms. The summed E-state index contributed by atoms with van der Waals surface area (Å²) in [7, 11) is 2.21. The van der Waals surface area contributed by atoms with Crippen LogP contribution in [0.15, 0.2) is 28.7 Å². The standard InChI is InChI=1S/C11H14BrN/c1-13(11-5-6-11)8-9-3-2-4-10(12)7-9/h2-4,7,11H,5-6,8H2,1H3. The second-order valence-electron chi connectivity index (χ2n) is 3.78. The molecular formula is C11H14BrN. The lowest BCUT2D eigenvalue weighted by Crippen LogP contribution is -2.19. The molecule has 0 bridgehead atoms. The summed E-state index contributed by atoms with van der Waals surface area (Å²) in [5.74, 6) is 0. The Morgan fingerprint density at radius 3 is 2.85 bits per heavy atom. The summed E-state index contributed by atoms with van der Waals surface area (Å²) in [6, 6.07) is 9.39. The fourth-order valence-electron chi connectivity index (χ4n) is 1.57. The van der Waals surface area contributed by atoms with Crippen LogP contribution in [0.5, 0.6) is 0 Å². The van der Waals surface area contributed by atoms with E-state index in [4.69, 9.17) is 0 Å². The lowest BCUT2D eigenvalue weighted by molar-refractivity contribution is 0.316. The molecule has 0 heterocycles. The molecule has 0 radical (unpaired) electrons. The molecule has 0 atom stereocenters. The van der Waals surface area contributed by atoms with Gasteiger partial charge in [-0.05, 0) is 37.6 Å². The molecule has 0 aromatic heterocycles. The van der Waals surface area contributed by atoms with Crippen LogP contribution in [-0.4, -0.2) is 18.0 Å². The third-order valence-electron chi connectivity index (χ3n) is 2.49. The van der Waals surface area contributed by atoms with E-state index in [1.807, 2.05) is 0 Å². The molecule has 1 aliphatic rings. The van der Waals surface area contributed by atoms with Crippen LogP contribution in [0.3, 0.4) is 0 Å². The van der Waals surface area contributed by atoms with Crippen LogP contribution < -0.4 is 0 Å². The molecular weight excluding hydrogens is 226 g/mol. The lowest BCUT2D eigenvalue weighted by atomic mass is 10.2. The van der Waals surface area contributed by atoms with Gasteiger partial charge in [-0.2, -0.15) is 0 Å². The van der Waals surface area contributed by atoms with Gasteiger partial charge < -0.3 is 0 Å². The summed E-state index contributed by atoms with van der Waals surface area (Å²) in [5.41, 5.74) is 1.39. The van der Waals surface area contributed by atoms with Crippen LogP contribution in [0.4, 0.5) is 0 Å². The first-order chi connectivity index (χ1) is 6.25. The summed E-state index contributed by atoms with van der Waals surface area (Å²) in [6.45, 7) is 1.07. The monoisotopic (exact) mass is 239 g/mol. The van der Waals surface area contributed by atoms with Gasteiger partial charge in [-0.25, -0.2) is 0 Å². The van der Waals surface area contributed by atoms with Crippen molar-refractivity contribution >= 4 is 15.9 Å². The highest BCUT2D eigenvalue weighted by Crippen LogP contribution is 2.26. The predicted molar refractivity (Wildman–Crippen MR) is 58.6 cm³/mol. The van der Waals surface area contributed by atoms with Gasteiger partial charge in [-0.1, -0.05) is 28.1 Å². The quantitative estimate of drug-likeness (QED) is 0.784. The van der Waals surface area contributed by atoms with Crippen molar-refractivity contribution in [3.63, 3.8) is 0 Å². The van der Waals surface area contributed by atoms with E-state index in [9.17, 15) is 0 Å². The van der Waals surface area contributed by atoms with E-state index in [0.717, 1.165) is 12.6 Å². The molecule has 70 valence electrons. The van der Waals surface area contributed by atoms with Gasteiger partial charge >= 0.3 is 0 Å². The molecule has 1 aromatic rings. The van der Waals surface area contributed by atoms with Crippen LogP contribution >= 0.6 is 15.9 Å². The van der Waals surface area contributed by atoms with Gasteiger partial charge in [-0.15, -0.1) is 0 Å². The third kappa shape index (κ3) is 2.55. The van der Waals surface area contributed by atoms with E-state index >= 15 is 0 Å². The van der Waals surface area contributed by atoms with Gasteiger partial charge in [0.15, 0.2) is 0 Å². The second kappa shape index (κ2) is 3.81. The van der Waals surface area contributed by atoms with Gasteiger partial charge in [0.25, 0.3) is 0 Å². The smallest absolute Gasteiger partial charge is 0.0234 e. The fourth-order valence-corrected chi connectivity index (χ4v) is 2.01. The Kier molecular flexibility index (Phi) is 2.70. The molecule has 0 N–H and O–H groups in total. The van der Waals surface area contributed by atoms with Gasteiger partial charge in [0.2, 0.25) is 0 Å².